The third-order valence-corrected chi connectivity index (χ3v) is 4.82. The average molecular weight is 342 g/mol. The van der Waals surface area contributed by atoms with E-state index in [-0.39, 0.29) is 29.5 Å². The van der Waals surface area contributed by atoms with Crippen LogP contribution in [0.4, 0.5) is 5.95 Å². The maximum absolute atomic E-state index is 12.4. The van der Waals surface area contributed by atoms with Crippen LogP contribution in [0.15, 0.2) is 30.5 Å². The van der Waals surface area contributed by atoms with Crippen LogP contribution >= 0.6 is 11.6 Å². The first-order valence-electron chi connectivity index (χ1n) is 8.05. The van der Waals surface area contributed by atoms with Gasteiger partial charge in [-0.25, -0.2) is 9.97 Å². The molecule has 1 saturated carbocycles. The largest absolute Gasteiger partial charge is 0.294 e. The fourth-order valence-corrected chi connectivity index (χ4v) is 3.16. The molecule has 2 aliphatic carbocycles. The summed E-state index contributed by atoms with van der Waals surface area (Å²) in [6, 6.07) is 7.56. The minimum atomic E-state index is -0.0358. The molecule has 0 bridgehead atoms. The molecule has 0 spiro atoms. The average Bonchev–Trinajstić information content (AvgIpc) is 3.40. The lowest BCUT2D eigenvalue weighted by Crippen LogP contribution is -2.22. The van der Waals surface area contributed by atoms with E-state index >= 15 is 0 Å². The number of carbonyl (C=O) groups is 2. The molecule has 6 heteroatoms. The van der Waals surface area contributed by atoms with Crippen molar-refractivity contribution in [2.75, 3.05) is 5.32 Å². The lowest BCUT2D eigenvalue weighted by atomic mass is 9.82. The van der Waals surface area contributed by atoms with Crippen LogP contribution in [0.1, 0.15) is 46.8 Å². The van der Waals surface area contributed by atoms with Gasteiger partial charge in [0, 0.05) is 23.6 Å². The summed E-state index contributed by atoms with van der Waals surface area (Å²) in [7, 11) is 0. The van der Waals surface area contributed by atoms with Crippen LogP contribution in [0.25, 0.3) is 0 Å². The zero-order valence-electron chi connectivity index (χ0n) is 13.0. The molecule has 0 saturated heterocycles. The van der Waals surface area contributed by atoms with Crippen LogP contribution in [-0.2, 0) is 11.2 Å². The summed E-state index contributed by atoms with van der Waals surface area (Å²) in [5, 5.41) is 3.42. The molecule has 5 nitrogen and oxygen atoms in total. The van der Waals surface area contributed by atoms with E-state index in [1.165, 1.54) is 6.20 Å². The predicted octanol–water partition coefficient (Wildman–Crippen LogP) is 3.39. The van der Waals surface area contributed by atoms with E-state index in [1.807, 2.05) is 24.3 Å². The number of nitrogens with zero attached hydrogens (tertiary/aromatic N) is 2. The molecule has 1 aromatic carbocycles. The Balaban J connectivity index is 1.58. The van der Waals surface area contributed by atoms with Gasteiger partial charge in [-0.1, -0.05) is 23.7 Å². The molecule has 122 valence electrons. The van der Waals surface area contributed by atoms with Crippen LogP contribution in [0, 0.1) is 5.92 Å². The second-order valence-electron chi connectivity index (χ2n) is 6.40. The van der Waals surface area contributed by atoms with Crippen molar-refractivity contribution in [2.45, 2.75) is 31.6 Å². The normalized spacial score (nSPS) is 19.7. The van der Waals surface area contributed by atoms with Gasteiger partial charge in [0.05, 0.1) is 11.3 Å². The number of ketones is 1. The van der Waals surface area contributed by atoms with Crippen molar-refractivity contribution in [2.24, 2.45) is 5.92 Å². The number of halogens is 1. The second kappa shape index (κ2) is 5.98. The summed E-state index contributed by atoms with van der Waals surface area (Å²) in [6.07, 6.45) is 4.47. The zero-order valence-corrected chi connectivity index (χ0v) is 13.7. The predicted molar refractivity (Wildman–Crippen MR) is 90.2 cm³/mol. The quantitative estimate of drug-likeness (QED) is 0.928. The van der Waals surface area contributed by atoms with Gasteiger partial charge < -0.3 is 0 Å². The Labute approximate surface area is 144 Å². The molecule has 1 aromatic heterocycles. The van der Waals surface area contributed by atoms with Crippen molar-refractivity contribution in [3.05, 3.63) is 52.3 Å². The monoisotopic (exact) mass is 341 g/mol. The minimum Gasteiger partial charge on any atom is -0.294 e. The number of nitrogens with one attached hydrogen (secondary N) is 1. The zero-order chi connectivity index (χ0) is 16.7. The van der Waals surface area contributed by atoms with E-state index < -0.39 is 0 Å². The molecule has 24 heavy (non-hydrogen) atoms. The first-order valence-corrected chi connectivity index (χ1v) is 8.43. The standard InChI is InChI=1S/C18H16ClN3O2/c19-13-5-3-10(4-6-13)12-7-15-14(16(23)8-12)9-20-18(21-15)22-17(24)11-1-2-11/h3-6,9,11-12H,1-2,7-8H2,(H,20,21,22,24)/t12-/m1/s1. The third-order valence-electron chi connectivity index (χ3n) is 4.56. The highest BCUT2D eigenvalue weighted by Crippen LogP contribution is 2.33. The molecule has 1 heterocycles. The van der Waals surface area contributed by atoms with Gasteiger partial charge in [0.2, 0.25) is 11.9 Å². The lowest BCUT2D eigenvalue weighted by molar-refractivity contribution is -0.117. The number of hydrogen-bond acceptors (Lipinski definition) is 4. The Morgan fingerprint density at radius 2 is 1.92 bits per heavy atom. The molecular weight excluding hydrogens is 326 g/mol. The number of amides is 1. The number of rotatable bonds is 3. The molecule has 0 aliphatic heterocycles. The molecule has 1 amide bonds. The van der Waals surface area contributed by atoms with E-state index in [0.29, 0.717) is 29.1 Å². The number of fused-ring (bicyclic) bond motifs is 1. The van der Waals surface area contributed by atoms with E-state index in [1.54, 1.807) is 0 Å². The number of hydrogen-bond donors (Lipinski definition) is 1. The maximum Gasteiger partial charge on any atom is 0.229 e. The first-order chi connectivity index (χ1) is 11.6. The summed E-state index contributed by atoms with van der Waals surface area (Å²) in [6.45, 7) is 0. The van der Waals surface area contributed by atoms with Gasteiger partial charge in [-0.15, -0.1) is 0 Å². The molecule has 1 fully saturated rings. The number of benzene rings is 1. The highest BCUT2D eigenvalue weighted by atomic mass is 35.5. The molecule has 1 N–H and O–H groups in total. The third kappa shape index (κ3) is 3.04. The van der Waals surface area contributed by atoms with Gasteiger partial charge in [-0.3, -0.25) is 14.9 Å². The van der Waals surface area contributed by atoms with Crippen LogP contribution < -0.4 is 5.32 Å². The summed E-state index contributed by atoms with van der Waals surface area (Å²) >= 11 is 5.93. The van der Waals surface area contributed by atoms with Crippen LogP contribution in [0.2, 0.25) is 5.02 Å². The van der Waals surface area contributed by atoms with Crippen molar-refractivity contribution in [1.29, 1.82) is 0 Å². The Kier molecular flexibility index (Phi) is 3.81. The Morgan fingerprint density at radius 1 is 1.17 bits per heavy atom. The van der Waals surface area contributed by atoms with Crippen molar-refractivity contribution in [3.63, 3.8) is 0 Å². The summed E-state index contributed by atoms with van der Waals surface area (Å²) < 4.78 is 0. The topological polar surface area (TPSA) is 72.0 Å². The molecule has 1 atom stereocenters. The van der Waals surface area contributed by atoms with Gasteiger partial charge in [-0.2, -0.15) is 0 Å². The Bertz CT molecular complexity index is 816. The smallest absolute Gasteiger partial charge is 0.229 e. The van der Waals surface area contributed by atoms with Crippen molar-refractivity contribution in [1.82, 2.24) is 9.97 Å². The van der Waals surface area contributed by atoms with Gasteiger partial charge in [0.15, 0.2) is 5.78 Å². The van der Waals surface area contributed by atoms with Gasteiger partial charge in [-0.05, 0) is 42.9 Å². The molecule has 2 aliphatic rings. The van der Waals surface area contributed by atoms with E-state index in [2.05, 4.69) is 15.3 Å². The van der Waals surface area contributed by atoms with Gasteiger partial charge >= 0.3 is 0 Å². The number of anilines is 1. The van der Waals surface area contributed by atoms with Crippen LogP contribution in [-0.4, -0.2) is 21.7 Å². The number of aromatic nitrogens is 2. The SMILES string of the molecule is O=C1C[C@H](c2ccc(Cl)cc2)Cc2nc(NC(=O)C3CC3)ncc21. The maximum atomic E-state index is 12.4. The Morgan fingerprint density at radius 3 is 2.62 bits per heavy atom. The summed E-state index contributed by atoms with van der Waals surface area (Å²) in [4.78, 5) is 32.8. The van der Waals surface area contributed by atoms with Crippen LogP contribution in [0.3, 0.4) is 0 Å². The summed E-state index contributed by atoms with van der Waals surface area (Å²) in [5.74, 6) is 0.454. The van der Waals surface area contributed by atoms with Gasteiger partial charge in [0.1, 0.15) is 0 Å². The van der Waals surface area contributed by atoms with Crippen molar-refractivity contribution < 1.29 is 9.59 Å². The molecular formula is C18H16ClN3O2. The number of carbonyl (C=O) groups excluding carboxylic acids is 2. The van der Waals surface area contributed by atoms with E-state index in [9.17, 15) is 9.59 Å². The Hall–Kier alpha value is -2.27. The van der Waals surface area contributed by atoms with E-state index in [0.717, 1.165) is 18.4 Å². The van der Waals surface area contributed by atoms with Crippen molar-refractivity contribution >= 4 is 29.2 Å². The van der Waals surface area contributed by atoms with Crippen LogP contribution in [0.5, 0.6) is 0 Å². The van der Waals surface area contributed by atoms with Crippen molar-refractivity contribution in [3.8, 4) is 0 Å². The van der Waals surface area contributed by atoms with Gasteiger partial charge in [0.25, 0.3) is 0 Å². The minimum absolute atomic E-state index is 0.0358. The number of Topliss-reactive ketones (excluding diaryl/α,β-unsaturated/α-hetero) is 1. The highest BCUT2D eigenvalue weighted by Gasteiger charge is 2.31. The molecule has 0 radical (unpaired) electrons. The summed E-state index contributed by atoms with van der Waals surface area (Å²) in [5.41, 5.74) is 2.33. The highest BCUT2D eigenvalue weighted by molar-refractivity contribution is 6.30. The molecule has 0 unspecified atom stereocenters. The molecule has 4 rings (SSSR count). The molecule has 2 aromatic rings. The first kappa shape index (κ1) is 15.3. The fourth-order valence-electron chi connectivity index (χ4n) is 3.03. The van der Waals surface area contributed by atoms with E-state index in [4.69, 9.17) is 11.6 Å². The lowest BCUT2D eigenvalue weighted by Gasteiger charge is -2.23. The fraction of sp³-hybridized carbons (Fsp3) is 0.333. The second-order valence-corrected chi connectivity index (χ2v) is 6.83.